The Morgan fingerprint density at radius 2 is 1.61 bits per heavy atom. The Morgan fingerprint density at radius 3 is 2.18 bits per heavy atom. The van der Waals surface area contributed by atoms with E-state index in [9.17, 15) is 14.4 Å². The molecule has 0 aromatic heterocycles. The van der Waals surface area contributed by atoms with Gasteiger partial charge in [-0.05, 0) is 39.0 Å². The van der Waals surface area contributed by atoms with Crippen molar-refractivity contribution in [3.63, 3.8) is 0 Å². The number of carbonyl (C=O) groups is 3. The SMILES string of the molecule is CC(C)(C)OC(=O)N(C1=C(Cl)C(=O)c2ccccc2C1=O)c1cccc(Br)c1. The van der Waals surface area contributed by atoms with Crippen molar-refractivity contribution in [2.75, 3.05) is 4.90 Å². The lowest BCUT2D eigenvalue weighted by Gasteiger charge is -2.30. The maximum absolute atomic E-state index is 13.2. The highest BCUT2D eigenvalue weighted by Crippen LogP contribution is 2.35. The van der Waals surface area contributed by atoms with E-state index in [2.05, 4.69) is 15.9 Å². The molecule has 5 nitrogen and oxygen atoms in total. The molecular weight excluding hydrogens is 446 g/mol. The summed E-state index contributed by atoms with van der Waals surface area (Å²) in [5.41, 5.74) is -0.293. The van der Waals surface area contributed by atoms with Crippen LogP contribution in [0.2, 0.25) is 0 Å². The van der Waals surface area contributed by atoms with Crippen molar-refractivity contribution in [1.82, 2.24) is 0 Å². The van der Waals surface area contributed by atoms with Crippen LogP contribution in [-0.4, -0.2) is 23.3 Å². The van der Waals surface area contributed by atoms with Crippen LogP contribution in [-0.2, 0) is 4.74 Å². The van der Waals surface area contributed by atoms with Gasteiger partial charge < -0.3 is 4.74 Å². The van der Waals surface area contributed by atoms with E-state index < -0.39 is 23.3 Å². The van der Waals surface area contributed by atoms with Gasteiger partial charge in [0, 0.05) is 15.6 Å². The Balaban J connectivity index is 2.20. The first-order valence-corrected chi connectivity index (χ1v) is 9.64. The van der Waals surface area contributed by atoms with Gasteiger partial charge in [-0.25, -0.2) is 9.69 Å². The third-order valence-electron chi connectivity index (χ3n) is 3.90. The van der Waals surface area contributed by atoms with E-state index in [1.54, 1.807) is 57.2 Å². The third-order valence-corrected chi connectivity index (χ3v) is 4.75. The van der Waals surface area contributed by atoms with Gasteiger partial charge in [0.2, 0.25) is 11.6 Å². The van der Waals surface area contributed by atoms with Crippen molar-refractivity contribution in [2.45, 2.75) is 26.4 Å². The van der Waals surface area contributed by atoms with Crippen LogP contribution in [0.25, 0.3) is 0 Å². The Kier molecular flexibility index (Phi) is 5.46. The van der Waals surface area contributed by atoms with Gasteiger partial charge in [-0.2, -0.15) is 0 Å². The Morgan fingerprint density at radius 1 is 1.00 bits per heavy atom. The molecule has 28 heavy (non-hydrogen) atoms. The lowest BCUT2D eigenvalue weighted by atomic mass is 9.91. The Bertz CT molecular complexity index is 1020. The number of hydrogen-bond acceptors (Lipinski definition) is 4. The quantitative estimate of drug-likeness (QED) is 0.572. The summed E-state index contributed by atoms with van der Waals surface area (Å²) in [5.74, 6) is -1.04. The van der Waals surface area contributed by atoms with Crippen molar-refractivity contribution in [2.24, 2.45) is 0 Å². The molecule has 0 atom stereocenters. The summed E-state index contributed by atoms with van der Waals surface area (Å²) < 4.78 is 6.17. The fourth-order valence-electron chi connectivity index (χ4n) is 2.78. The highest BCUT2D eigenvalue weighted by atomic mass is 79.9. The molecule has 0 N–H and O–H groups in total. The smallest absolute Gasteiger partial charge is 0.419 e. The molecule has 1 amide bonds. The first-order chi connectivity index (χ1) is 13.1. The van der Waals surface area contributed by atoms with E-state index in [-0.39, 0.29) is 21.9 Å². The van der Waals surface area contributed by atoms with Gasteiger partial charge in [0.1, 0.15) is 16.3 Å². The number of anilines is 1. The van der Waals surface area contributed by atoms with Crippen molar-refractivity contribution in [3.05, 3.63) is 74.9 Å². The molecule has 1 aliphatic rings. The minimum Gasteiger partial charge on any atom is -0.443 e. The average Bonchev–Trinajstić information content (AvgIpc) is 2.61. The number of nitrogens with zero attached hydrogens (tertiary/aromatic N) is 1. The normalized spacial score (nSPS) is 14.0. The molecule has 0 saturated heterocycles. The fraction of sp³-hybridized carbons (Fsp3) is 0.190. The van der Waals surface area contributed by atoms with Gasteiger partial charge in [0.15, 0.2) is 0 Å². The highest BCUT2D eigenvalue weighted by Gasteiger charge is 2.39. The number of hydrogen-bond donors (Lipinski definition) is 0. The second-order valence-corrected chi connectivity index (χ2v) is 8.46. The van der Waals surface area contributed by atoms with Crippen LogP contribution in [0.4, 0.5) is 10.5 Å². The maximum atomic E-state index is 13.2. The number of carbonyl (C=O) groups excluding carboxylic acids is 3. The van der Waals surface area contributed by atoms with Crippen LogP contribution < -0.4 is 4.90 Å². The van der Waals surface area contributed by atoms with Crippen molar-refractivity contribution >= 4 is 50.9 Å². The predicted octanol–water partition coefficient (Wildman–Crippen LogP) is 5.72. The number of Topliss-reactive ketones (excluding diaryl/α,β-unsaturated/α-hetero) is 2. The molecule has 0 aliphatic heterocycles. The van der Waals surface area contributed by atoms with Gasteiger partial charge in [0.25, 0.3) is 0 Å². The molecule has 2 aromatic carbocycles. The van der Waals surface area contributed by atoms with E-state index in [1.165, 1.54) is 12.1 Å². The summed E-state index contributed by atoms with van der Waals surface area (Å²) in [7, 11) is 0. The first-order valence-electron chi connectivity index (χ1n) is 8.47. The van der Waals surface area contributed by atoms with Crippen LogP contribution in [0.1, 0.15) is 41.5 Å². The third kappa shape index (κ3) is 3.88. The van der Waals surface area contributed by atoms with Crippen LogP contribution >= 0.6 is 27.5 Å². The molecule has 0 spiro atoms. The number of amides is 1. The zero-order valence-corrected chi connectivity index (χ0v) is 17.8. The Hall–Kier alpha value is -2.44. The van der Waals surface area contributed by atoms with E-state index in [0.29, 0.717) is 10.2 Å². The summed E-state index contributed by atoms with van der Waals surface area (Å²) in [6.07, 6.45) is -0.806. The summed E-state index contributed by atoms with van der Waals surface area (Å²) in [6.45, 7) is 5.13. The lowest BCUT2D eigenvalue weighted by molar-refractivity contribution is 0.0586. The molecule has 0 fully saturated rings. The zero-order valence-electron chi connectivity index (χ0n) is 15.5. The average molecular weight is 463 g/mol. The van der Waals surface area contributed by atoms with Crippen LogP contribution in [0, 0.1) is 0 Å². The number of ketones is 2. The molecule has 144 valence electrons. The molecule has 7 heteroatoms. The molecule has 0 radical (unpaired) electrons. The molecule has 3 rings (SSSR count). The maximum Gasteiger partial charge on any atom is 0.419 e. The molecular formula is C21H17BrClNO4. The minimum absolute atomic E-state index is 0.190. The Labute approximate surface area is 176 Å². The van der Waals surface area contributed by atoms with E-state index in [4.69, 9.17) is 16.3 Å². The predicted molar refractivity (Wildman–Crippen MR) is 111 cm³/mol. The monoisotopic (exact) mass is 461 g/mol. The second-order valence-electron chi connectivity index (χ2n) is 7.16. The molecule has 0 heterocycles. The van der Waals surface area contributed by atoms with Gasteiger partial charge in [0.05, 0.1) is 5.69 Å². The molecule has 0 unspecified atom stereocenters. The van der Waals surface area contributed by atoms with Gasteiger partial charge >= 0.3 is 6.09 Å². The topological polar surface area (TPSA) is 63.7 Å². The summed E-state index contributed by atoms with van der Waals surface area (Å²) in [6, 6.07) is 13.1. The number of rotatable bonds is 2. The number of fused-ring (bicyclic) bond motifs is 1. The largest absolute Gasteiger partial charge is 0.443 e. The highest BCUT2D eigenvalue weighted by molar-refractivity contribution is 9.10. The van der Waals surface area contributed by atoms with Gasteiger partial charge in [-0.15, -0.1) is 0 Å². The standard InChI is InChI=1S/C21H17BrClNO4/c1-21(2,3)28-20(27)24(13-8-6-7-12(22)11-13)17-16(23)18(25)14-9-4-5-10-15(14)19(17)26/h4-11H,1-3H3. The summed E-state index contributed by atoms with van der Waals surface area (Å²) >= 11 is 9.66. The molecule has 1 aliphatic carbocycles. The van der Waals surface area contributed by atoms with Crippen LogP contribution in [0.3, 0.4) is 0 Å². The second kappa shape index (κ2) is 7.53. The number of halogens is 2. The van der Waals surface area contributed by atoms with Gasteiger partial charge in [-0.1, -0.05) is 57.9 Å². The van der Waals surface area contributed by atoms with Crippen molar-refractivity contribution in [1.29, 1.82) is 0 Å². The van der Waals surface area contributed by atoms with Crippen molar-refractivity contribution < 1.29 is 19.1 Å². The van der Waals surface area contributed by atoms with E-state index >= 15 is 0 Å². The van der Waals surface area contributed by atoms with E-state index in [0.717, 1.165) is 4.90 Å². The lowest BCUT2D eigenvalue weighted by Crippen LogP contribution is -2.41. The van der Waals surface area contributed by atoms with Crippen LogP contribution in [0.15, 0.2) is 63.7 Å². The number of allylic oxidation sites excluding steroid dienone is 2. The zero-order chi connectivity index (χ0) is 20.6. The van der Waals surface area contributed by atoms with Gasteiger partial charge in [-0.3, -0.25) is 9.59 Å². The number of ether oxygens (including phenoxy) is 1. The van der Waals surface area contributed by atoms with E-state index in [1.807, 2.05) is 0 Å². The molecule has 0 bridgehead atoms. The molecule has 2 aromatic rings. The van der Waals surface area contributed by atoms with Crippen LogP contribution in [0.5, 0.6) is 0 Å². The first kappa shape index (κ1) is 20.3. The fourth-order valence-corrected chi connectivity index (χ4v) is 3.44. The summed E-state index contributed by atoms with van der Waals surface area (Å²) in [5, 5.41) is -0.325. The molecule has 0 saturated carbocycles. The summed E-state index contributed by atoms with van der Waals surface area (Å²) in [4.78, 5) is 40.0. The minimum atomic E-state index is -0.811. The van der Waals surface area contributed by atoms with Crippen molar-refractivity contribution in [3.8, 4) is 0 Å². The number of benzene rings is 2.